The minimum atomic E-state index is -0.307. The lowest BCUT2D eigenvalue weighted by molar-refractivity contribution is 0.101. The van der Waals surface area contributed by atoms with Gasteiger partial charge in [-0.1, -0.05) is 18.2 Å². The average molecular weight is 339 g/mol. The Morgan fingerprint density at radius 2 is 1.83 bits per heavy atom. The van der Waals surface area contributed by atoms with Gasteiger partial charge in [-0.2, -0.15) is 5.10 Å². The molecule has 1 aromatic heterocycles. The van der Waals surface area contributed by atoms with Crippen LogP contribution < -0.4 is 10.1 Å². The predicted molar refractivity (Wildman–Crippen MR) is 96.3 cm³/mol. The molecule has 0 aliphatic rings. The van der Waals surface area contributed by atoms with E-state index in [1.807, 2.05) is 60.9 Å². The molecule has 0 saturated heterocycles. The van der Waals surface area contributed by atoms with E-state index in [4.69, 9.17) is 4.74 Å². The summed E-state index contributed by atoms with van der Waals surface area (Å²) in [5, 5.41) is 7.20. The number of hydrogen-bond acceptors (Lipinski definition) is 4. The molecule has 0 radical (unpaired) electrons. The van der Waals surface area contributed by atoms with Gasteiger partial charge in [-0.15, -0.1) is 11.8 Å². The lowest BCUT2D eigenvalue weighted by Gasteiger charge is -2.05. The van der Waals surface area contributed by atoms with E-state index in [9.17, 15) is 4.79 Å². The predicted octanol–water partition coefficient (Wildman–Crippen LogP) is 3.86. The Balaban J connectivity index is 1.84. The van der Waals surface area contributed by atoms with Crippen LogP contribution in [-0.4, -0.2) is 29.1 Å². The Labute approximate surface area is 144 Å². The second-order valence-electron chi connectivity index (χ2n) is 5.01. The van der Waals surface area contributed by atoms with Crippen molar-refractivity contribution in [1.82, 2.24) is 9.78 Å². The van der Waals surface area contributed by atoms with Gasteiger partial charge in [0.05, 0.1) is 19.0 Å². The second-order valence-corrected chi connectivity index (χ2v) is 5.89. The van der Waals surface area contributed by atoms with Crippen molar-refractivity contribution >= 4 is 23.4 Å². The van der Waals surface area contributed by atoms with Crippen LogP contribution in [0.3, 0.4) is 0 Å². The summed E-state index contributed by atoms with van der Waals surface area (Å²) in [6.45, 7) is 0. The summed E-state index contributed by atoms with van der Waals surface area (Å²) in [4.78, 5) is 13.7. The van der Waals surface area contributed by atoms with E-state index in [0.29, 0.717) is 11.4 Å². The molecular weight excluding hydrogens is 322 g/mol. The molecule has 24 heavy (non-hydrogen) atoms. The van der Waals surface area contributed by atoms with E-state index >= 15 is 0 Å². The van der Waals surface area contributed by atoms with Gasteiger partial charge >= 0.3 is 0 Å². The number of nitrogens with one attached hydrogen (secondary N) is 1. The third kappa shape index (κ3) is 3.44. The van der Waals surface area contributed by atoms with Crippen LogP contribution >= 0.6 is 11.8 Å². The number of anilines is 1. The molecular formula is C18H17N3O2S. The molecule has 0 spiro atoms. The average Bonchev–Trinajstić information content (AvgIpc) is 3.08. The van der Waals surface area contributed by atoms with E-state index in [0.717, 1.165) is 10.6 Å². The Bertz CT molecular complexity index is 829. The van der Waals surface area contributed by atoms with Gasteiger partial charge in [-0.25, -0.2) is 4.68 Å². The molecule has 1 N–H and O–H groups in total. The van der Waals surface area contributed by atoms with Crippen molar-refractivity contribution in [3.05, 3.63) is 66.5 Å². The van der Waals surface area contributed by atoms with Crippen LogP contribution in [-0.2, 0) is 0 Å². The highest BCUT2D eigenvalue weighted by molar-refractivity contribution is 7.98. The lowest BCUT2D eigenvalue weighted by atomic mass is 10.3. The molecule has 0 saturated carbocycles. The molecule has 0 bridgehead atoms. The van der Waals surface area contributed by atoms with Gasteiger partial charge in [0.2, 0.25) is 0 Å². The molecule has 1 heterocycles. The largest absolute Gasteiger partial charge is 0.493 e. The van der Waals surface area contributed by atoms with E-state index in [2.05, 4.69) is 10.4 Å². The molecule has 5 nitrogen and oxygen atoms in total. The highest BCUT2D eigenvalue weighted by Crippen LogP contribution is 2.22. The Kier molecular flexibility index (Phi) is 4.86. The van der Waals surface area contributed by atoms with Crippen LogP contribution in [0.5, 0.6) is 5.75 Å². The van der Waals surface area contributed by atoms with Crippen LogP contribution in [0.1, 0.15) is 10.5 Å². The first kappa shape index (κ1) is 16.1. The van der Waals surface area contributed by atoms with Crippen molar-refractivity contribution < 1.29 is 9.53 Å². The molecule has 0 aliphatic carbocycles. The number of thioether (sulfide) groups is 1. The molecule has 3 aromatic rings. The summed E-state index contributed by atoms with van der Waals surface area (Å²) < 4.78 is 6.92. The van der Waals surface area contributed by atoms with Gasteiger partial charge in [-0.05, 0) is 42.7 Å². The van der Waals surface area contributed by atoms with E-state index in [1.54, 1.807) is 22.6 Å². The number of aromatic nitrogens is 2. The summed E-state index contributed by atoms with van der Waals surface area (Å²) in [5.74, 6) is 0.121. The van der Waals surface area contributed by atoms with Gasteiger partial charge in [-0.3, -0.25) is 4.79 Å². The number of rotatable bonds is 5. The maximum absolute atomic E-state index is 12.5. The third-order valence-corrected chi connectivity index (χ3v) is 4.23. The van der Waals surface area contributed by atoms with Crippen molar-refractivity contribution in [1.29, 1.82) is 0 Å². The molecule has 2 aromatic carbocycles. The Hall–Kier alpha value is -2.73. The minimum absolute atomic E-state index is 0.246. The molecule has 0 atom stereocenters. The summed E-state index contributed by atoms with van der Waals surface area (Å²) in [7, 11) is 1.52. The van der Waals surface area contributed by atoms with Crippen LogP contribution in [0.4, 0.5) is 5.69 Å². The number of amides is 1. The number of benzene rings is 2. The first-order valence-electron chi connectivity index (χ1n) is 7.36. The Morgan fingerprint density at radius 3 is 2.46 bits per heavy atom. The van der Waals surface area contributed by atoms with Gasteiger partial charge in [0, 0.05) is 10.6 Å². The summed E-state index contributed by atoms with van der Waals surface area (Å²) in [6, 6.07) is 17.2. The second kappa shape index (κ2) is 7.23. The molecule has 0 aliphatic heterocycles. The third-order valence-electron chi connectivity index (χ3n) is 3.48. The van der Waals surface area contributed by atoms with Crippen LogP contribution in [0.25, 0.3) is 5.69 Å². The standard InChI is InChI=1S/C18H17N3O2S/c1-23-16-12-21(14-6-4-3-5-7-14)20-17(16)18(22)19-13-8-10-15(24-2)11-9-13/h3-12H,1-2H3,(H,19,22). The van der Waals surface area contributed by atoms with Crippen molar-refractivity contribution in [3.8, 4) is 11.4 Å². The minimum Gasteiger partial charge on any atom is -0.493 e. The molecule has 6 heteroatoms. The van der Waals surface area contributed by atoms with Crippen molar-refractivity contribution in [2.45, 2.75) is 4.90 Å². The highest BCUT2D eigenvalue weighted by Gasteiger charge is 2.18. The molecule has 1 amide bonds. The normalized spacial score (nSPS) is 10.4. The fraction of sp³-hybridized carbons (Fsp3) is 0.111. The molecule has 0 fully saturated rings. The van der Waals surface area contributed by atoms with E-state index in [1.165, 1.54) is 7.11 Å². The number of para-hydroxylation sites is 1. The monoisotopic (exact) mass is 339 g/mol. The van der Waals surface area contributed by atoms with Gasteiger partial charge < -0.3 is 10.1 Å². The number of ether oxygens (including phenoxy) is 1. The van der Waals surface area contributed by atoms with Crippen molar-refractivity contribution in [3.63, 3.8) is 0 Å². The first-order valence-corrected chi connectivity index (χ1v) is 8.58. The molecule has 122 valence electrons. The van der Waals surface area contributed by atoms with Crippen LogP contribution in [0.2, 0.25) is 0 Å². The zero-order valence-corrected chi connectivity index (χ0v) is 14.2. The maximum Gasteiger partial charge on any atom is 0.280 e. The van der Waals surface area contributed by atoms with Gasteiger partial charge in [0.25, 0.3) is 5.91 Å². The summed E-state index contributed by atoms with van der Waals surface area (Å²) in [6.07, 6.45) is 3.70. The fourth-order valence-electron chi connectivity index (χ4n) is 2.24. The first-order chi connectivity index (χ1) is 11.7. The number of methoxy groups -OCH3 is 1. The lowest BCUT2D eigenvalue weighted by Crippen LogP contribution is -2.14. The van der Waals surface area contributed by atoms with Crippen molar-refractivity contribution in [2.24, 2.45) is 0 Å². The molecule has 3 rings (SSSR count). The van der Waals surface area contributed by atoms with Crippen LogP contribution in [0, 0.1) is 0 Å². The Morgan fingerprint density at radius 1 is 1.12 bits per heavy atom. The van der Waals surface area contributed by atoms with E-state index < -0.39 is 0 Å². The number of nitrogens with zero attached hydrogens (tertiary/aromatic N) is 2. The highest BCUT2D eigenvalue weighted by atomic mass is 32.2. The zero-order valence-electron chi connectivity index (χ0n) is 13.4. The smallest absolute Gasteiger partial charge is 0.280 e. The topological polar surface area (TPSA) is 56.2 Å². The fourth-order valence-corrected chi connectivity index (χ4v) is 2.65. The zero-order chi connectivity index (χ0) is 16.9. The number of carbonyl (C=O) groups excluding carboxylic acids is 1. The quantitative estimate of drug-likeness (QED) is 0.717. The van der Waals surface area contributed by atoms with Crippen molar-refractivity contribution in [2.75, 3.05) is 18.7 Å². The van der Waals surface area contributed by atoms with Crippen LogP contribution in [0.15, 0.2) is 65.7 Å². The number of carbonyl (C=O) groups is 1. The molecule has 0 unspecified atom stereocenters. The van der Waals surface area contributed by atoms with E-state index in [-0.39, 0.29) is 11.6 Å². The summed E-state index contributed by atoms with van der Waals surface area (Å²) >= 11 is 1.65. The summed E-state index contributed by atoms with van der Waals surface area (Å²) in [5.41, 5.74) is 1.82. The SMILES string of the molecule is COc1cn(-c2ccccc2)nc1C(=O)Nc1ccc(SC)cc1. The number of hydrogen-bond donors (Lipinski definition) is 1. The van der Waals surface area contributed by atoms with Gasteiger partial charge in [0.15, 0.2) is 11.4 Å². The van der Waals surface area contributed by atoms with Gasteiger partial charge in [0.1, 0.15) is 0 Å². The maximum atomic E-state index is 12.5.